The summed E-state index contributed by atoms with van der Waals surface area (Å²) in [4.78, 5) is 50.0. The van der Waals surface area contributed by atoms with Gasteiger partial charge in [0.15, 0.2) is 0 Å². The standard InChI is InChI=1S/C24H34O5/c1-13(4-7-21(28)29)16-5-6-17-22-18(12-20(27)24(16,17)3)23(2)9-8-15(25)10-14(23)11-19(22)26/h13-14,16-18,22H,4-12H2,1-3H3,(H,28,29)/t13-,14-,16-,17-,18+,22+,23+,24-/m1/s1. The van der Waals surface area contributed by atoms with Crippen LogP contribution in [0.4, 0.5) is 0 Å². The zero-order chi connectivity index (χ0) is 21.1. The maximum Gasteiger partial charge on any atom is 0.303 e. The van der Waals surface area contributed by atoms with Crippen LogP contribution in [0.25, 0.3) is 0 Å². The number of hydrogen-bond acceptors (Lipinski definition) is 4. The van der Waals surface area contributed by atoms with Crippen LogP contribution in [0.15, 0.2) is 0 Å². The topological polar surface area (TPSA) is 88.5 Å². The van der Waals surface area contributed by atoms with Crippen molar-refractivity contribution in [1.29, 1.82) is 0 Å². The lowest BCUT2D eigenvalue weighted by Crippen LogP contribution is -2.60. The Labute approximate surface area is 173 Å². The van der Waals surface area contributed by atoms with Gasteiger partial charge in [0.2, 0.25) is 0 Å². The van der Waals surface area contributed by atoms with Gasteiger partial charge in [-0.05, 0) is 60.7 Å². The lowest BCUT2D eigenvalue weighted by molar-refractivity contribution is -0.166. The number of aliphatic carboxylic acids is 1. The van der Waals surface area contributed by atoms with E-state index in [0.29, 0.717) is 32.1 Å². The second-order valence-electron chi connectivity index (χ2n) is 10.9. The lowest BCUT2D eigenvalue weighted by atomic mass is 9.44. The molecule has 0 aliphatic heterocycles. The number of ketones is 3. The maximum atomic E-state index is 13.6. The first-order valence-corrected chi connectivity index (χ1v) is 11.4. The first-order valence-electron chi connectivity index (χ1n) is 11.4. The number of carbonyl (C=O) groups excluding carboxylic acids is 3. The Hall–Kier alpha value is -1.52. The van der Waals surface area contributed by atoms with Crippen LogP contribution >= 0.6 is 0 Å². The van der Waals surface area contributed by atoms with Gasteiger partial charge in [0, 0.05) is 43.4 Å². The van der Waals surface area contributed by atoms with Gasteiger partial charge in [-0.25, -0.2) is 0 Å². The molecular weight excluding hydrogens is 368 g/mol. The Morgan fingerprint density at radius 3 is 2.52 bits per heavy atom. The van der Waals surface area contributed by atoms with Crippen molar-refractivity contribution in [1.82, 2.24) is 0 Å². The molecule has 29 heavy (non-hydrogen) atoms. The first-order chi connectivity index (χ1) is 13.6. The quantitative estimate of drug-likeness (QED) is 0.766. The van der Waals surface area contributed by atoms with Crippen molar-refractivity contribution in [3.05, 3.63) is 0 Å². The summed E-state index contributed by atoms with van der Waals surface area (Å²) in [6.07, 6.45) is 5.33. The summed E-state index contributed by atoms with van der Waals surface area (Å²) in [5.74, 6) is 0.524. The fraction of sp³-hybridized carbons (Fsp3) is 0.833. The van der Waals surface area contributed by atoms with Crippen molar-refractivity contribution in [3.63, 3.8) is 0 Å². The Morgan fingerprint density at radius 1 is 1.10 bits per heavy atom. The first kappa shape index (κ1) is 20.7. The van der Waals surface area contributed by atoms with Crippen molar-refractivity contribution in [2.45, 2.75) is 78.6 Å². The summed E-state index contributed by atoms with van der Waals surface area (Å²) >= 11 is 0. The van der Waals surface area contributed by atoms with Crippen LogP contribution in [-0.2, 0) is 19.2 Å². The third-order valence-electron chi connectivity index (χ3n) is 9.72. The summed E-state index contributed by atoms with van der Waals surface area (Å²) in [5.41, 5.74) is -0.598. The van der Waals surface area contributed by atoms with Crippen molar-refractivity contribution in [2.75, 3.05) is 0 Å². The average Bonchev–Trinajstić information content (AvgIpc) is 3.01. The van der Waals surface area contributed by atoms with E-state index in [9.17, 15) is 19.2 Å². The molecule has 0 aromatic carbocycles. The molecule has 160 valence electrons. The molecule has 4 saturated carbocycles. The number of hydrogen-bond donors (Lipinski definition) is 1. The molecule has 1 N–H and O–H groups in total. The van der Waals surface area contributed by atoms with Gasteiger partial charge in [-0.1, -0.05) is 20.8 Å². The van der Waals surface area contributed by atoms with E-state index in [4.69, 9.17) is 5.11 Å². The number of carboxylic acid groups (broad SMARTS) is 1. The zero-order valence-electron chi connectivity index (χ0n) is 17.9. The molecule has 0 bridgehead atoms. The minimum atomic E-state index is -0.792. The highest BCUT2D eigenvalue weighted by molar-refractivity contribution is 5.93. The molecular formula is C24H34O5. The highest BCUT2D eigenvalue weighted by Crippen LogP contribution is 2.66. The van der Waals surface area contributed by atoms with E-state index in [1.165, 1.54) is 0 Å². The second kappa shape index (κ2) is 7.02. The largest absolute Gasteiger partial charge is 0.481 e. The molecule has 5 heteroatoms. The third kappa shape index (κ3) is 3.02. The van der Waals surface area contributed by atoms with Crippen LogP contribution in [0.5, 0.6) is 0 Å². The van der Waals surface area contributed by atoms with Crippen molar-refractivity contribution < 1.29 is 24.3 Å². The SMILES string of the molecule is C[C@H](CCC(=O)O)[C@H]1CC[C@@H]2[C@@H]3C(=O)C[C@H]4CC(=O)CC[C@]4(C)[C@H]3CC(=O)[C@@]21C. The van der Waals surface area contributed by atoms with Crippen molar-refractivity contribution in [3.8, 4) is 0 Å². The van der Waals surface area contributed by atoms with Gasteiger partial charge in [-0.3, -0.25) is 19.2 Å². The second-order valence-corrected chi connectivity index (χ2v) is 10.9. The van der Waals surface area contributed by atoms with Crippen LogP contribution in [0.2, 0.25) is 0 Å². The Bertz CT molecular complexity index is 756. The fourth-order valence-corrected chi connectivity index (χ4v) is 7.94. The smallest absolute Gasteiger partial charge is 0.303 e. The minimum absolute atomic E-state index is 0.0659. The Kier molecular flexibility index (Phi) is 5.02. The molecule has 0 radical (unpaired) electrons. The lowest BCUT2D eigenvalue weighted by Gasteiger charge is -2.58. The van der Waals surface area contributed by atoms with Gasteiger partial charge in [-0.15, -0.1) is 0 Å². The molecule has 0 spiro atoms. The maximum absolute atomic E-state index is 13.6. The van der Waals surface area contributed by atoms with E-state index in [1.807, 2.05) is 0 Å². The molecule has 0 aromatic rings. The van der Waals surface area contributed by atoms with Gasteiger partial charge in [0.25, 0.3) is 0 Å². The molecule has 4 fully saturated rings. The van der Waals surface area contributed by atoms with Gasteiger partial charge >= 0.3 is 5.97 Å². The van der Waals surface area contributed by atoms with E-state index in [0.717, 1.165) is 19.3 Å². The number of fused-ring (bicyclic) bond motifs is 5. The molecule has 4 aliphatic carbocycles. The predicted octanol–water partition coefficient (Wildman–Crippen LogP) is 4.07. The predicted molar refractivity (Wildman–Crippen MR) is 107 cm³/mol. The monoisotopic (exact) mass is 402 g/mol. The zero-order valence-corrected chi connectivity index (χ0v) is 17.9. The molecule has 0 amide bonds. The van der Waals surface area contributed by atoms with Crippen molar-refractivity contribution >= 4 is 23.3 Å². The number of rotatable bonds is 4. The summed E-state index contributed by atoms with van der Waals surface area (Å²) in [6.45, 7) is 6.37. The summed E-state index contributed by atoms with van der Waals surface area (Å²) in [5, 5.41) is 9.06. The van der Waals surface area contributed by atoms with Crippen LogP contribution < -0.4 is 0 Å². The average molecular weight is 403 g/mol. The van der Waals surface area contributed by atoms with Gasteiger partial charge < -0.3 is 5.11 Å². The van der Waals surface area contributed by atoms with Crippen LogP contribution in [0, 0.1) is 46.3 Å². The van der Waals surface area contributed by atoms with Gasteiger partial charge in [0.1, 0.15) is 17.3 Å². The number of carboxylic acids is 1. The molecule has 0 heterocycles. The van der Waals surface area contributed by atoms with Crippen molar-refractivity contribution in [2.24, 2.45) is 46.3 Å². The molecule has 0 aromatic heterocycles. The van der Waals surface area contributed by atoms with Crippen LogP contribution in [-0.4, -0.2) is 28.4 Å². The van der Waals surface area contributed by atoms with Crippen LogP contribution in [0.1, 0.15) is 78.6 Å². The third-order valence-corrected chi connectivity index (χ3v) is 9.72. The van der Waals surface area contributed by atoms with E-state index in [1.54, 1.807) is 0 Å². The highest BCUT2D eigenvalue weighted by atomic mass is 16.4. The van der Waals surface area contributed by atoms with E-state index in [2.05, 4.69) is 20.8 Å². The minimum Gasteiger partial charge on any atom is -0.481 e. The van der Waals surface area contributed by atoms with E-state index in [-0.39, 0.29) is 64.7 Å². The molecule has 5 nitrogen and oxygen atoms in total. The highest BCUT2D eigenvalue weighted by Gasteiger charge is 2.66. The fourth-order valence-electron chi connectivity index (χ4n) is 7.94. The van der Waals surface area contributed by atoms with E-state index < -0.39 is 11.4 Å². The molecule has 4 rings (SSSR count). The normalized spacial score (nSPS) is 45.3. The number of Topliss-reactive ketones (excluding diaryl/α,β-unsaturated/α-hetero) is 3. The Morgan fingerprint density at radius 2 is 1.83 bits per heavy atom. The molecule has 0 unspecified atom stereocenters. The summed E-state index contributed by atoms with van der Waals surface area (Å²) in [6, 6.07) is 0. The molecule has 8 atom stereocenters. The van der Waals surface area contributed by atoms with Gasteiger partial charge in [-0.2, -0.15) is 0 Å². The van der Waals surface area contributed by atoms with Gasteiger partial charge in [0.05, 0.1) is 0 Å². The molecule has 4 aliphatic rings. The summed E-state index contributed by atoms with van der Waals surface area (Å²) < 4.78 is 0. The van der Waals surface area contributed by atoms with E-state index >= 15 is 0 Å². The molecule has 0 saturated heterocycles. The van der Waals surface area contributed by atoms with Crippen LogP contribution in [0.3, 0.4) is 0 Å². The Balaban J connectivity index is 1.63. The summed E-state index contributed by atoms with van der Waals surface area (Å²) in [7, 11) is 0. The number of carbonyl (C=O) groups is 4.